The largest absolute Gasteiger partial charge is 0.390 e. The zero-order chi connectivity index (χ0) is 11.7. The van der Waals surface area contributed by atoms with Crippen molar-refractivity contribution >= 4 is 0 Å². The van der Waals surface area contributed by atoms with Gasteiger partial charge in [0.2, 0.25) is 0 Å². The van der Waals surface area contributed by atoms with Crippen LogP contribution in [0.15, 0.2) is 25.3 Å². The first-order valence-corrected chi connectivity index (χ1v) is 5.58. The summed E-state index contributed by atoms with van der Waals surface area (Å²) in [5, 5.41) is 19.0. The number of hydrogen-bond acceptors (Lipinski definition) is 4. The summed E-state index contributed by atoms with van der Waals surface area (Å²) in [5.74, 6) is 0. The van der Waals surface area contributed by atoms with Gasteiger partial charge in [-0.2, -0.15) is 0 Å². The lowest BCUT2D eigenvalue weighted by Gasteiger charge is -2.02. The Hall–Kier alpha value is -0.680. The fraction of sp³-hybridized carbons (Fsp3) is 0.667. The van der Waals surface area contributed by atoms with Crippen LogP contribution in [0.2, 0.25) is 0 Å². The van der Waals surface area contributed by atoms with Crippen molar-refractivity contribution in [3.05, 3.63) is 25.3 Å². The van der Waals surface area contributed by atoms with Gasteiger partial charge in [-0.1, -0.05) is 12.2 Å². The van der Waals surface area contributed by atoms with E-state index in [1.54, 1.807) is 6.08 Å². The second kappa shape index (κ2) is 4.67. The first kappa shape index (κ1) is 11.8. The summed E-state index contributed by atoms with van der Waals surface area (Å²) >= 11 is 0. The van der Waals surface area contributed by atoms with Gasteiger partial charge in [0.1, 0.15) is 18.3 Å². The second-order valence-corrected chi connectivity index (χ2v) is 4.33. The van der Waals surface area contributed by atoms with Crippen LogP contribution < -0.4 is 0 Å². The van der Waals surface area contributed by atoms with E-state index >= 15 is 0 Å². The lowest BCUT2D eigenvalue weighted by Crippen LogP contribution is -2.19. The average Bonchev–Trinajstić information content (AvgIpc) is 3.10. The first-order chi connectivity index (χ1) is 7.67. The normalized spacial score (nSPS) is 39.9. The molecule has 2 N–H and O–H groups in total. The van der Waals surface area contributed by atoms with E-state index in [1.807, 2.05) is 0 Å². The van der Waals surface area contributed by atoms with Crippen molar-refractivity contribution in [1.82, 2.24) is 0 Å². The first-order valence-electron chi connectivity index (χ1n) is 5.58. The molecule has 4 heteroatoms. The maximum absolute atomic E-state index is 9.63. The minimum Gasteiger partial charge on any atom is -0.390 e. The number of rotatable bonds is 7. The summed E-state index contributed by atoms with van der Waals surface area (Å²) in [5.41, 5.74) is 0. The summed E-state index contributed by atoms with van der Waals surface area (Å²) in [7, 11) is 0. The molecule has 0 aromatic rings. The van der Waals surface area contributed by atoms with Crippen LogP contribution in [-0.4, -0.2) is 46.8 Å². The van der Waals surface area contributed by atoms with Gasteiger partial charge in [0.05, 0.1) is 18.3 Å². The van der Waals surface area contributed by atoms with Gasteiger partial charge in [-0.25, -0.2) is 0 Å². The predicted octanol–water partition coefficient (Wildman–Crippen LogP) is 0.395. The van der Waals surface area contributed by atoms with E-state index in [-0.39, 0.29) is 24.4 Å². The molecule has 90 valence electrons. The van der Waals surface area contributed by atoms with Crippen molar-refractivity contribution in [1.29, 1.82) is 0 Å². The standard InChI is InChI=1S/C12H18O4/c1-3-5-8(14)10-12(16-10)11-9(15-11)6-7(13)4-2/h3-4,7-14H,1-2,5-6H2/t7-,8+,9-,10-,11-,12+/m1/s1. The summed E-state index contributed by atoms with van der Waals surface area (Å²) in [6.07, 6.45) is 3.17. The van der Waals surface area contributed by atoms with Crippen LogP contribution in [0, 0.1) is 0 Å². The lowest BCUT2D eigenvalue weighted by atomic mass is 10.1. The Balaban J connectivity index is 1.70. The number of ether oxygens (including phenoxy) is 2. The van der Waals surface area contributed by atoms with Crippen LogP contribution in [0.3, 0.4) is 0 Å². The van der Waals surface area contributed by atoms with Crippen molar-refractivity contribution in [2.24, 2.45) is 0 Å². The van der Waals surface area contributed by atoms with Crippen molar-refractivity contribution in [2.45, 2.75) is 49.5 Å². The fourth-order valence-electron chi connectivity index (χ4n) is 1.98. The third kappa shape index (κ3) is 2.52. The van der Waals surface area contributed by atoms with Gasteiger partial charge in [-0.05, 0) is 6.42 Å². The quantitative estimate of drug-likeness (QED) is 0.487. The van der Waals surface area contributed by atoms with Crippen LogP contribution >= 0.6 is 0 Å². The van der Waals surface area contributed by atoms with Gasteiger partial charge >= 0.3 is 0 Å². The van der Waals surface area contributed by atoms with Crippen molar-refractivity contribution in [3.63, 3.8) is 0 Å². The minimum atomic E-state index is -0.523. The molecule has 2 heterocycles. The van der Waals surface area contributed by atoms with E-state index in [4.69, 9.17) is 9.47 Å². The highest BCUT2D eigenvalue weighted by atomic mass is 16.7. The monoisotopic (exact) mass is 226 g/mol. The van der Waals surface area contributed by atoms with Crippen LogP contribution in [0.25, 0.3) is 0 Å². The molecule has 0 aliphatic carbocycles. The van der Waals surface area contributed by atoms with Crippen molar-refractivity contribution in [2.75, 3.05) is 0 Å². The topological polar surface area (TPSA) is 65.5 Å². The second-order valence-electron chi connectivity index (χ2n) is 4.33. The predicted molar refractivity (Wildman–Crippen MR) is 59.0 cm³/mol. The van der Waals surface area contributed by atoms with E-state index in [2.05, 4.69) is 13.2 Å². The highest BCUT2D eigenvalue weighted by molar-refractivity contribution is 5.06. The number of hydrogen-bond donors (Lipinski definition) is 2. The maximum atomic E-state index is 9.63. The van der Waals surface area contributed by atoms with Crippen LogP contribution in [0.5, 0.6) is 0 Å². The molecular formula is C12H18O4. The van der Waals surface area contributed by atoms with Crippen LogP contribution in [0.1, 0.15) is 12.8 Å². The number of epoxide rings is 2. The summed E-state index contributed by atoms with van der Waals surface area (Å²) in [4.78, 5) is 0. The lowest BCUT2D eigenvalue weighted by molar-refractivity contribution is 0.138. The smallest absolute Gasteiger partial charge is 0.116 e. The molecule has 0 spiro atoms. The van der Waals surface area contributed by atoms with E-state index < -0.39 is 12.2 Å². The molecule has 6 atom stereocenters. The zero-order valence-electron chi connectivity index (χ0n) is 9.16. The Kier molecular flexibility index (Phi) is 3.44. The molecule has 4 nitrogen and oxygen atoms in total. The van der Waals surface area contributed by atoms with E-state index in [0.717, 1.165) is 0 Å². The molecule has 0 amide bonds. The molecule has 2 aliphatic rings. The van der Waals surface area contributed by atoms with E-state index in [1.165, 1.54) is 6.08 Å². The van der Waals surface area contributed by atoms with Gasteiger partial charge in [0.15, 0.2) is 0 Å². The Morgan fingerprint density at radius 3 is 2.56 bits per heavy atom. The van der Waals surface area contributed by atoms with Gasteiger partial charge in [0.25, 0.3) is 0 Å². The Labute approximate surface area is 95.2 Å². The zero-order valence-corrected chi connectivity index (χ0v) is 9.16. The molecule has 2 saturated heterocycles. The molecule has 2 aliphatic heterocycles. The molecule has 0 aromatic carbocycles. The molecule has 0 unspecified atom stereocenters. The van der Waals surface area contributed by atoms with Gasteiger partial charge in [-0.15, -0.1) is 13.2 Å². The average molecular weight is 226 g/mol. The summed E-state index contributed by atoms with van der Waals surface area (Å²) < 4.78 is 10.8. The van der Waals surface area contributed by atoms with E-state index in [0.29, 0.717) is 12.8 Å². The third-order valence-corrected chi connectivity index (χ3v) is 3.04. The molecule has 0 bridgehead atoms. The highest BCUT2D eigenvalue weighted by Crippen LogP contribution is 2.42. The van der Waals surface area contributed by atoms with Crippen molar-refractivity contribution in [3.8, 4) is 0 Å². The molecule has 2 fully saturated rings. The Morgan fingerprint density at radius 1 is 1.19 bits per heavy atom. The fourth-order valence-corrected chi connectivity index (χ4v) is 1.98. The molecule has 0 aromatic heterocycles. The third-order valence-electron chi connectivity index (χ3n) is 3.04. The van der Waals surface area contributed by atoms with Crippen LogP contribution in [0.4, 0.5) is 0 Å². The summed E-state index contributed by atoms with van der Waals surface area (Å²) in [6.45, 7) is 7.08. The Bertz CT molecular complexity index is 278. The SMILES string of the molecule is C=CC[C@H](O)[C@H]1O[C@@H]1[C@@H]1O[C@@H]1C[C@H](O)C=C. The minimum absolute atomic E-state index is 0.0167. The van der Waals surface area contributed by atoms with E-state index in [9.17, 15) is 10.2 Å². The number of aliphatic hydroxyl groups is 2. The molecule has 0 radical (unpaired) electrons. The molecular weight excluding hydrogens is 208 g/mol. The highest BCUT2D eigenvalue weighted by Gasteiger charge is 2.59. The molecule has 0 saturated carbocycles. The van der Waals surface area contributed by atoms with Gasteiger partial charge < -0.3 is 19.7 Å². The number of aliphatic hydroxyl groups excluding tert-OH is 2. The molecule has 16 heavy (non-hydrogen) atoms. The van der Waals surface area contributed by atoms with Gasteiger partial charge in [-0.3, -0.25) is 0 Å². The van der Waals surface area contributed by atoms with Crippen LogP contribution in [-0.2, 0) is 9.47 Å². The van der Waals surface area contributed by atoms with Gasteiger partial charge in [0, 0.05) is 6.42 Å². The Morgan fingerprint density at radius 2 is 1.94 bits per heavy atom. The maximum Gasteiger partial charge on any atom is 0.116 e. The molecule has 2 rings (SSSR count). The van der Waals surface area contributed by atoms with Crippen molar-refractivity contribution < 1.29 is 19.7 Å². The summed E-state index contributed by atoms with van der Waals surface area (Å²) in [6, 6.07) is 0.